The first-order chi connectivity index (χ1) is 9.88. The van der Waals surface area contributed by atoms with E-state index >= 15 is 0 Å². The standard InChI is InChI=1S/C15H19N3O2/c1-2-9-19-14(6-1)18-10-11-7-8-13(16-15(11)17-18)20-12-4-3-5-12/h7-8,10,12,14H,1-6,9H2. The van der Waals surface area contributed by atoms with Gasteiger partial charge in [-0.25, -0.2) is 4.68 Å². The molecule has 2 aromatic heterocycles. The Labute approximate surface area is 117 Å². The SMILES string of the molecule is c1cc2cn(C3CCCCO3)nc2nc1OC1CCC1. The Bertz CT molecular complexity index is 600. The van der Waals surface area contributed by atoms with Gasteiger partial charge in [-0.3, -0.25) is 0 Å². The Kier molecular flexibility index (Phi) is 3.07. The van der Waals surface area contributed by atoms with Crippen molar-refractivity contribution in [2.45, 2.75) is 50.9 Å². The van der Waals surface area contributed by atoms with Crippen molar-refractivity contribution in [1.29, 1.82) is 0 Å². The van der Waals surface area contributed by atoms with Crippen molar-refractivity contribution in [3.8, 4) is 5.88 Å². The predicted molar refractivity (Wildman–Crippen MR) is 74.6 cm³/mol. The number of aromatic nitrogens is 3. The zero-order chi connectivity index (χ0) is 13.4. The summed E-state index contributed by atoms with van der Waals surface area (Å²) in [4.78, 5) is 4.50. The molecule has 2 aromatic rings. The number of nitrogens with zero attached hydrogens (tertiary/aromatic N) is 3. The fourth-order valence-corrected chi connectivity index (χ4v) is 2.71. The molecule has 0 spiro atoms. The van der Waals surface area contributed by atoms with Crippen molar-refractivity contribution in [3.05, 3.63) is 18.3 Å². The van der Waals surface area contributed by atoms with E-state index in [9.17, 15) is 0 Å². The molecule has 2 fully saturated rings. The van der Waals surface area contributed by atoms with Crippen LogP contribution in [0.2, 0.25) is 0 Å². The Balaban J connectivity index is 1.57. The lowest BCUT2D eigenvalue weighted by Crippen LogP contribution is -2.24. The summed E-state index contributed by atoms with van der Waals surface area (Å²) in [6, 6.07) is 3.97. The van der Waals surface area contributed by atoms with Gasteiger partial charge in [0.1, 0.15) is 12.3 Å². The largest absolute Gasteiger partial charge is 0.474 e. The maximum absolute atomic E-state index is 5.82. The molecule has 106 valence electrons. The van der Waals surface area contributed by atoms with Crippen LogP contribution in [0.5, 0.6) is 5.88 Å². The highest BCUT2D eigenvalue weighted by atomic mass is 16.5. The van der Waals surface area contributed by atoms with Gasteiger partial charge in [0.15, 0.2) is 5.65 Å². The summed E-state index contributed by atoms with van der Waals surface area (Å²) in [5.41, 5.74) is 0.746. The molecule has 1 saturated heterocycles. The van der Waals surface area contributed by atoms with Crippen LogP contribution in [-0.4, -0.2) is 27.5 Å². The minimum atomic E-state index is 0.0638. The van der Waals surface area contributed by atoms with Gasteiger partial charge in [-0.2, -0.15) is 4.98 Å². The molecule has 1 aliphatic carbocycles. The molecule has 2 aliphatic rings. The van der Waals surface area contributed by atoms with Gasteiger partial charge in [-0.1, -0.05) is 0 Å². The van der Waals surface area contributed by atoms with Crippen LogP contribution in [0.4, 0.5) is 0 Å². The molecular weight excluding hydrogens is 254 g/mol. The van der Waals surface area contributed by atoms with Crippen molar-refractivity contribution in [3.63, 3.8) is 0 Å². The zero-order valence-electron chi connectivity index (χ0n) is 11.5. The van der Waals surface area contributed by atoms with E-state index in [0.29, 0.717) is 12.0 Å². The van der Waals surface area contributed by atoms with Gasteiger partial charge in [0.25, 0.3) is 0 Å². The second-order valence-electron chi connectivity index (χ2n) is 5.66. The van der Waals surface area contributed by atoms with Crippen LogP contribution in [0.3, 0.4) is 0 Å². The second-order valence-corrected chi connectivity index (χ2v) is 5.66. The normalized spacial score (nSPS) is 23.7. The number of pyridine rings is 1. The van der Waals surface area contributed by atoms with Gasteiger partial charge < -0.3 is 9.47 Å². The third kappa shape index (κ3) is 2.26. The number of ether oxygens (including phenoxy) is 2. The van der Waals surface area contributed by atoms with Gasteiger partial charge >= 0.3 is 0 Å². The molecule has 1 unspecified atom stereocenters. The van der Waals surface area contributed by atoms with Crippen LogP contribution in [0, 0.1) is 0 Å². The van der Waals surface area contributed by atoms with Gasteiger partial charge in [-0.15, -0.1) is 5.10 Å². The summed E-state index contributed by atoms with van der Waals surface area (Å²) in [6.07, 6.45) is 9.36. The maximum Gasteiger partial charge on any atom is 0.215 e. The van der Waals surface area contributed by atoms with Crippen LogP contribution in [0.1, 0.15) is 44.8 Å². The highest BCUT2D eigenvalue weighted by Crippen LogP contribution is 2.27. The third-order valence-corrected chi connectivity index (χ3v) is 4.15. The Morgan fingerprint density at radius 1 is 1.15 bits per heavy atom. The first-order valence-corrected chi connectivity index (χ1v) is 7.53. The predicted octanol–water partition coefficient (Wildman–Crippen LogP) is 3.06. The van der Waals surface area contributed by atoms with Crippen LogP contribution < -0.4 is 4.74 Å². The summed E-state index contributed by atoms with van der Waals surface area (Å²) < 4.78 is 13.5. The molecule has 1 saturated carbocycles. The van der Waals surface area contributed by atoms with Crippen molar-refractivity contribution < 1.29 is 9.47 Å². The topological polar surface area (TPSA) is 49.2 Å². The molecule has 5 nitrogen and oxygen atoms in total. The minimum absolute atomic E-state index is 0.0638. The minimum Gasteiger partial charge on any atom is -0.474 e. The van der Waals surface area contributed by atoms with E-state index in [1.54, 1.807) is 0 Å². The summed E-state index contributed by atoms with van der Waals surface area (Å²) in [5, 5.41) is 5.59. The van der Waals surface area contributed by atoms with E-state index in [-0.39, 0.29) is 6.23 Å². The van der Waals surface area contributed by atoms with Crippen molar-refractivity contribution in [1.82, 2.24) is 14.8 Å². The molecule has 4 rings (SSSR count). The first-order valence-electron chi connectivity index (χ1n) is 7.53. The van der Waals surface area contributed by atoms with Crippen LogP contribution in [-0.2, 0) is 4.74 Å². The average Bonchev–Trinajstić information content (AvgIpc) is 2.87. The van der Waals surface area contributed by atoms with Crippen LogP contribution in [0.25, 0.3) is 11.0 Å². The smallest absolute Gasteiger partial charge is 0.215 e. The van der Waals surface area contributed by atoms with Crippen molar-refractivity contribution in [2.24, 2.45) is 0 Å². The lowest BCUT2D eigenvalue weighted by molar-refractivity contribution is -0.0391. The van der Waals surface area contributed by atoms with E-state index < -0.39 is 0 Å². The van der Waals surface area contributed by atoms with E-state index in [2.05, 4.69) is 10.1 Å². The summed E-state index contributed by atoms with van der Waals surface area (Å²) in [7, 11) is 0. The zero-order valence-corrected chi connectivity index (χ0v) is 11.5. The monoisotopic (exact) mass is 273 g/mol. The average molecular weight is 273 g/mol. The molecule has 0 aromatic carbocycles. The summed E-state index contributed by atoms with van der Waals surface area (Å²) in [5.74, 6) is 0.692. The van der Waals surface area contributed by atoms with E-state index in [1.807, 2.05) is 23.0 Å². The summed E-state index contributed by atoms with van der Waals surface area (Å²) >= 11 is 0. The summed E-state index contributed by atoms with van der Waals surface area (Å²) in [6.45, 7) is 0.824. The van der Waals surface area contributed by atoms with Gasteiger partial charge in [-0.05, 0) is 44.6 Å². The molecule has 5 heteroatoms. The van der Waals surface area contributed by atoms with E-state index in [0.717, 1.165) is 43.3 Å². The van der Waals surface area contributed by atoms with Crippen molar-refractivity contribution >= 4 is 11.0 Å². The molecule has 0 N–H and O–H groups in total. The van der Waals surface area contributed by atoms with E-state index in [4.69, 9.17) is 9.47 Å². The Morgan fingerprint density at radius 2 is 2.10 bits per heavy atom. The van der Waals surface area contributed by atoms with E-state index in [1.165, 1.54) is 12.8 Å². The molecule has 0 bridgehead atoms. The van der Waals surface area contributed by atoms with Gasteiger partial charge in [0.2, 0.25) is 5.88 Å². The lowest BCUT2D eigenvalue weighted by atomic mass is 9.96. The molecule has 0 radical (unpaired) electrons. The molecule has 20 heavy (non-hydrogen) atoms. The molecule has 3 heterocycles. The quantitative estimate of drug-likeness (QED) is 0.862. The van der Waals surface area contributed by atoms with Gasteiger partial charge in [0.05, 0.1) is 0 Å². The van der Waals surface area contributed by atoms with Crippen molar-refractivity contribution in [2.75, 3.05) is 6.61 Å². The highest BCUT2D eigenvalue weighted by Gasteiger charge is 2.21. The molecule has 1 atom stereocenters. The maximum atomic E-state index is 5.82. The Morgan fingerprint density at radius 3 is 2.85 bits per heavy atom. The van der Waals surface area contributed by atoms with Crippen LogP contribution in [0.15, 0.2) is 18.3 Å². The lowest BCUT2D eigenvalue weighted by Gasteiger charge is -2.25. The number of rotatable bonds is 3. The fraction of sp³-hybridized carbons (Fsp3) is 0.600. The highest BCUT2D eigenvalue weighted by molar-refractivity contribution is 5.74. The first kappa shape index (κ1) is 12.1. The number of fused-ring (bicyclic) bond motifs is 1. The number of hydrogen-bond donors (Lipinski definition) is 0. The molecular formula is C15H19N3O2. The second kappa shape index (κ2) is 5.05. The third-order valence-electron chi connectivity index (χ3n) is 4.15. The fourth-order valence-electron chi connectivity index (χ4n) is 2.71. The number of hydrogen-bond acceptors (Lipinski definition) is 4. The molecule has 0 amide bonds. The van der Waals surface area contributed by atoms with Crippen LogP contribution >= 0.6 is 0 Å². The Hall–Kier alpha value is -1.62. The van der Waals surface area contributed by atoms with Gasteiger partial charge in [0, 0.05) is 24.3 Å². The molecule has 1 aliphatic heterocycles.